The molecule has 2 aromatic rings. The number of methoxy groups -OCH3 is 2. The van der Waals surface area contributed by atoms with Gasteiger partial charge in [-0.15, -0.1) is 0 Å². The van der Waals surface area contributed by atoms with Gasteiger partial charge in [-0.05, 0) is 81.3 Å². The van der Waals surface area contributed by atoms with Crippen LogP contribution in [0.15, 0.2) is 46.4 Å². The second kappa shape index (κ2) is 10.9. The molecule has 4 fully saturated rings. The fourth-order valence-electron chi connectivity index (χ4n) is 7.89. The van der Waals surface area contributed by atoms with E-state index in [1.54, 1.807) is 26.4 Å². The molecule has 6 aliphatic rings. The third-order valence-corrected chi connectivity index (χ3v) is 10.8. The molecule has 236 valence electrons. The summed E-state index contributed by atoms with van der Waals surface area (Å²) < 4.78 is 23.8. The number of hydrogen-bond acceptors (Lipinski definition) is 8. The van der Waals surface area contributed by atoms with Crippen LogP contribution in [-0.2, 0) is 9.47 Å². The summed E-state index contributed by atoms with van der Waals surface area (Å²) in [6.45, 7) is 2.71. The van der Waals surface area contributed by atoms with Crippen LogP contribution in [0.5, 0.6) is 11.5 Å². The van der Waals surface area contributed by atoms with Crippen LogP contribution in [0.2, 0.25) is 0 Å². The Balaban J connectivity index is 0.844. The van der Waals surface area contributed by atoms with Gasteiger partial charge in [-0.3, -0.25) is 19.6 Å². The van der Waals surface area contributed by atoms with Crippen molar-refractivity contribution >= 4 is 35.6 Å². The summed E-state index contributed by atoms with van der Waals surface area (Å²) in [4.78, 5) is 40.4. The van der Waals surface area contributed by atoms with Crippen LogP contribution in [0.4, 0.5) is 11.4 Å². The Hall–Kier alpha value is -3.76. The van der Waals surface area contributed by atoms with Crippen LogP contribution in [0, 0.1) is 10.8 Å². The zero-order valence-electron chi connectivity index (χ0n) is 25.9. The maximum absolute atomic E-state index is 13.5. The molecule has 2 spiro atoms. The molecule has 4 heterocycles. The average molecular weight is 613 g/mol. The van der Waals surface area contributed by atoms with Crippen LogP contribution in [0.1, 0.15) is 65.7 Å². The van der Waals surface area contributed by atoms with Crippen molar-refractivity contribution in [3.8, 4) is 11.5 Å². The molecule has 10 heteroatoms. The van der Waals surface area contributed by atoms with Crippen molar-refractivity contribution in [1.82, 2.24) is 9.80 Å². The molecule has 0 N–H and O–H groups in total. The highest BCUT2D eigenvalue weighted by atomic mass is 16.5. The molecule has 2 amide bonds. The number of carbonyl (C=O) groups excluding carboxylic acids is 2. The minimum Gasteiger partial charge on any atom is -0.497 e. The Morgan fingerprint density at radius 2 is 1.13 bits per heavy atom. The predicted molar refractivity (Wildman–Crippen MR) is 169 cm³/mol. The van der Waals surface area contributed by atoms with E-state index in [9.17, 15) is 9.59 Å². The lowest BCUT2D eigenvalue weighted by molar-refractivity contribution is 0.00505. The fourth-order valence-corrected chi connectivity index (χ4v) is 7.89. The highest BCUT2D eigenvalue weighted by Gasteiger charge is 2.62. The maximum Gasteiger partial charge on any atom is 0.256 e. The molecule has 4 atom stereocenters. The molecule has 4 unspecified atom stereocenters. The van der Waals surface area contributed by atoms with Gasteiger partial charge in [0.15, 0.2) is 0 Å². The van der Waals surface area contributed by atoms with Gasteiger partial charge in [-0.1, -0.05) is 0 Å². The first-order valence-corrected chi connectivity index (χ1v) is 16.2. The van der Waals surface area contributed by atoms with E-state index in [1.807, 2.05) is 46.5 Å². The average Bonchev–Trinajstić information content (AvgIpc) is 3.98. The molecule has 45 heavy (non-hydrogen) atoms. The number of aliphatic imine (C=N–C) groups is 2. The first kappa shape index (κ1) is 28.7. The van der Waals surface area contributed by atoms with Crippen LogP contribution in [0.25, 0.3) is 0 Å². The number of benzene rings is 2. The van der Waals surface area contributed by atoms with Crippen LogP contribution in [-0.4, -0.2) is 98.9 Å². The van der Waals surface area contributed by atoms with Crippen molar-refractivity contribution in [1.29, 1.82) is 0 Å². The molecule has 0 radical (unpaired) electrons. The zero-order valence-corrected chi connectivity index (χ0v) is 25.9. The minimum atomic E-state index is -0.155. The Kier molecular flexibility index (Phi) is 6.98. The van der Waals surface area contributed by atoms with E-state index in [0.717, 1.165) is 44.9 Å². The number of nitrogens with zero attached hydrogens (tertiary/aromatic N) is 4. The second-order valence-corrected chi connectivity index (χ2v) is 13.5. The van der Waals surface area contributed by atoms with Gasteiger partial charge >= 0.3 is 0 Å². The first-order chi connectivity index (χ1) is 21.9. The maximum atomic E-state index is 13.5. The molecule has 4 aliphatic heterocycles. The lowest BCUT2D eigenvalue weighted by atomic mass is 9.99. The Morgan fingerprint density at radius 1 is 0.689 bits per heavy atom. The SMILES string of the molecule is COc1ccc2c(c1)C(=O)N1CC3(CC3)C(OCCCCCOC3C4C=Nc5ccc(OC)cc5C(=O)N4CC34CC4)C1C=N2. The summed E-state index contributed by atoms with van der Waals surface area (Å²) in [7, 11) is 3.22. The van der Waals surface area contributed by atoms with Gasteiger partial charge in [-0.25, -0.2) is 0 Å². The molecule has 0 aromatic heterocycles. The summed E-state index contributed by atoms with van der Waals surface area (Å²) >= 11 is 0. The normalized spacial score (nSPS) is 27.6. The lowest BCUT2D eigenvalue weighted by Gasteiger charge is -2.25. The third kappa shape index (κ3) is 4.84. The van der Waals surface area contributed by atoms with E-state index in [1.165, 1.54) is 0 Å². The summed E-state index contributed by atoms with van der Waals surface area (Å²) in [5.41, 5.74) is 2.63. The van der Waals surface area contributed by atoms with Crippen LogP contribution in [0.3, 0.4) is 0 Å². The molecular formula is C35H40N4O6. The largest absolute Gasteiger partial charge is 0.497 e. The quantitative estimate of drug-likeness (QED) is 0.351. The molecule has 2 aromatic carbocycles. The zero-order chi connectivity index (χ0) is 30.8. The highest BCUT2D eigenvalue weighted by Crippen LogP contribution is 2.58. The first-order valence-electron chi connectivity index (χ1n) is 16.2. The van der Waals surface area contributed by atoms with Gasteiger partial charge in [0, 0.05) is 49.6 Å². The van der Waals surface area contributed by atoms with Crippen LogP contribution < -0.4 is 9.47 Å². The highest BCUT2D eigenvalue weighted by molar-refractivity contribution is 6.04. The Labute approximate surface area is 263 Å². The van der Waals surface area contributed by atoms with Crippen LogP contribution >= 0.6 is 0 Å². The van der Waals surface area contributed by atoms with E-state index < -0.39 is 0 Å². The van der Waals surface area contributed by atoms with Gasteiger partial charge in [0.25, 0.3) is 11.8 Å². The molecule has 2 aliphatic carbocycles. The molecule has 2 saturated carbocycles. The van der Waals surface area contributed by atoms with Crippen molar-refractivity contribution in [3.63, 3.8) is 0 Å². The number of fused-ring (bicyclic) bond motifs is 4. The number of amides is 2. The van der Waals surface area contributed by atoms with E-state index in [2.05, 4.69) is 0 Å². The van der Waals surface area contributed by atoms with Crippen molar-refractivity contribution in [2.24, 2.45) is 20.8 Å². The molecule has 2 saturated heterocycles. The van der Waals surface area contributed by atoms with E-state index in [4.69, 9.17) is 28.9 Å². The van der Waals surface area contributed by atoms with E-state index in [0.29, 0.717) is 60.3 Å². The van der Waals surface area contributed by atoms with E-state index in [-0.39, 0.29) is 46.9 Å². The number of carbonyl (C=O) groups is 2. The summed E-state index contributed by atoms with van der Waals surface area (Å²) in [6.07, 6.45) is 10.9. The minimum absolute atomic E-state index is 0.00357. The van der Waals surface area contributed by atoms with Gasteiger partial charge in [0.1, 0.15) is 11.5 Å². The number of hydrogen-bond donors (Lipinski definition) is 0. The second-order valence-electron chi connectivity index (χ2n) is 13.5. The monoisotopic (exact) mass is 612 g/mol. The predicted octanol–water partition coefficient (Wildman–Crippen LogP) is 4.99. The topological polar surface area (TPSA) is 102 Å². The molecule has 8 rings (SSSR count). The Bertz CT molecular complexity index is 1460. The van der Waals surface area contributed by atoms with Crippen molar-refractivity contribution < 1.29 is 28.5 Å². The smallest absolute Gasteiger partial charge is 0.256 e. The molecule has 10 nitrogen and oxygen atoms in total. The molecule has 0 bridgehead atoms. The summed E-state index contributed by atoms with van der Waals surface area (Å²) in [5.74, 6) is 1.33. The van der Waals surface area contributed by atoms with E-state index >= 15 is 0 Å². The lowest BCUT2D eigenvalue weighted by Crippen LogP contribution is -2.41. The molecular weight excluding hydrogens is 572 g/mol. The fraction of sp³-hybridized carbons (Fsp3) is 0.543. The standard InChI is InChI=1S/C35H40N4O6/c1-42-22-6-8-26-24(16-22)32(40)38-20-34(10-11-34)30(28(38)18-36-26)44-14-4-3-5-15-45-31-29-19-37-27-9-7-23(43-2)17-25(27)33(41)39(29)21-35(31)12-13-35/h6-9,16-19,28-31H,3-5,10-15,20-21H2,1-2H3. The number of unbranched alkanes of at least 4 members (excludes halogenated alkanes) is 2. The summed E-state index contributed by atoms with van der Waals surface area (Å²) in [6, 6.07) is 10.6. The van der Waals surface area contributed by atoms with Crippen molar-refractivity contribution in [3.05, 3.63) is 47.5 Å². The third-order valence-electron chi connectivity index (χ3n) is 10.8. The van der Waals surface area contributed by atoms with Gasteiger partial charge in [-0.2, -0.15) is 0 Å². The number of ether oxygens (including phenoxy) is 4. The van der Waals surface area contributed by atoms with Gasteiger partial charge in [0.2, 0.25) is 0 Å². The number of rotatable bonds is 10. The van der Waals surface area contributed by atoms with Crippen molar-refractivity contribution in [2.75, 3.05) is 40.5 Å². The van der Waals surface area contributed by atoms with Gasteiger partial charge < -0.3 is 28.7 Å². The van der Waals surface area contributed by atoms with Crippen molar-refractivity contribution in [2.45, 2.75) is 69.2 Å². The Morgan fingerprint density at radius 3 is 1.53 bits per heavy atom. The van der Waals surface area contributed by atoms with Gasteiger partial charge in [0.05, 0.1) is 61.0 Å². The summed E-state index contributed by atoms with van der Waals surface area (Å²) in [5, 5.41) is 0.